The number of amides is 1. The van der Waals surface area contributed by atoms with Crippen molar-refractivity contribution in [2.24, 2.45) is 11.8 Å². The second kappa shape index (κ2) is 5.52. The number of aliphatic carboxylic acids is 1. The van der Waals surface area contributed by atoms with Crippen LogP contribution < -0.4 is 0 Å². The maximum Gasteiger partial charge on any atom is 0.307 e. The van der Waals surface area contributed by atoms with E-state index in [4.69, 9.17) is 5.11 Å². The van der Waals surface area contributed by atoms with E-state index in [1.54, 1.807) is 0 Å². The Morgan fingerprint density at radius 2 is 1.47 bits per heavy atom. The normalized spacial score (nSPS) is 30.0. The first-order valence-corrected chi connectivity index (χ1v) is 6.72. The van der Waals surface area contributed by atoms with E-state index in [0.29, 0.717) is 6.42 Å². The first-order valence-electron chi connectivity index (χ1n) is 6.72. The molecule has 0 aromatic carbocycles. The molecule has 0 spiro atoms. The maximum absolute atomic E-state index is 12.3. The molecule has 1 aliphatic heterocycles. The number of carbonyl (C=O) groups is 2. The molecule has 0 aromatic rings. The topological polar surface area (TPSA) is 57.6 Å². The standard InChI is InChI=1S/C13H21NO3/c15-12(14-8-3-1-2-4-9-14)10-6-5-7-11(10)13(16)17/h10-11H,1-9H2,(H,16,17). The van der Waals surface area contributed by atoms with E-state index in [9.17, 15) is 9.59 Å². The van der Waals surface area contributed by atoms with Crippen molar-refractivity contribution < 1.29 is 14.7 Å². The Morgan fingerprint density at radius 1 is 0.882 bits per heavy atom. The van der Waals surface area contributed by atoms with Crippen LogP contribution in [-0.4, -0.2) is 35.0 Å². The SMILES string of the molecule is O=C(O)C1CCCC1C(=O)N1CCCCCC1. The van der Waals surface area contributed by atoms with Crippen LogP contribution in [0.1, 0.15) is 44.9 Å². The van der Waals surface area contributed by atoms with E-state index in [1.165, 1.54) is 12.8 Å². The van der Waals surface area contributed by atoms with Gasteiger partial charge in [-0.1, -0.05) is 19.3 Å². The third kappa shape index (κ3) is 2.79. The predicted molar refractivity (Wildman–Crippen MR) is 63.5 cm³/mol. The highest BCUT2D eigenvalue weighted by Crippen LogP contribution is 2.33. The summed E-state index contributed by atoms with van der Waals surface area (Å²) in [6.07, 6.45) is 6.81. The summed E-state index contributed by atoms with van der Waals surface area (Å²) < 4.78 is 0. The van der Waals surface area contributed by atoms with Gasteiger partial charge in [-0.05, 0) is 25.7 Å². The number of likely N-dealkylation sites (tertiary alicyclic amines) is 1. The average Bonchev–Trinajstić information content (AvgIpc) is 2.64. The molecule has 1 saturated carbocycles. The molecule has 4 nitrogen and oxygen atoms in total. The van der Waals surface area contributed by atoms with Crippen LogP contribution in [0.5, 0.6) is 0 Å². The van der Waals surface area contributed by atoms with Crippen LogP contribution in [0.25, 0.3) is 0 Å². The van der Waals surface area contributed by atoms with Gasteiger partial charge in [-0.2, -0.15) is 0 Å². The van der Waals surface area contributed by atoms with Gasteiger partial charge in [-0.15, -0.1) is 0 Å². The lowest BCUT2D eigenvalue weighted by Crippen LogP contribution is -2.39. The zero-order valence-corrected chi connectivity index (χ0v) is 10.2. The summed E-state index contributed by atoms with van der Waals surface area (Å²) in [7, 11) is 0. The van der Waals surface area contributed by atoms with Gasteiger partial charge < -0.3 is 10.0 Å². The minimum Gasteiger partial charge on any atom is -0.481 e. The Balaban J connectivity index is 2.00. The van der Waals surface area contributed by atoms with Crippen molar-refractivity contribution in [1.82, 2.24) is 4.90 Å². The van der Waals surface area contributed by atoms with E-state index in [-0.39, 0.29) is 11.8 Å². The monoisotopic (exact) mass is 239 g/mol. The number of carboxylic acids is 1. The lowest BCUT2D eigenvalue weighted by Gasteiger charge is -2.25. The fraction of sp³-hybridized carbons (Fsp3) is 0.846. The molecule has 2 unspecified atom stereocenters. The number of rotatable bonds is 2. The Kier molecular flexibility index (Phi) is 4.02. The molecule has 0 aromatic heterocycles. The van der Waals surface area contributed by atoms with Crippen LogP contribution >= 0.6 is 0 Å². The summed E-state index contributed by atoms with van der Waals surface area (Å²) >= 11 is 0. The lowest BCUT2D eigenvalue weighted by atomic mass is 9.94. The molecule has 0 bridgehead atoms. The number of carboxylic acid groups (broad SMARTS) is 1. The van der Waals surface area contributed by atoms with Crippen molar-refractivity contribution in [2.75, 3.05) is 13.1 Å². The van der Waals surface area contributed by atoms with Crippen molar-refractivity contribution in [3.8, 4) is 0 Å². The second-order valence-electron chi connectivity index (χ2n) is 5.22. The van der Waals surface area contributed by atoms with Crippen molar-refractivity contribution >= 4 is 11.9 Å². The quantitative estimate of drug-likeness (QED) is 0.800. The van der Waals surface area contributed by atoms with E-state index >= 15 is 0 Å². The first-order chi connectivity index (χ1) is 8.20. The third-order valence-corrected chi connectivity index (χ3v) is 4.07. The number of nitrogens with zero attached hydrogens (tertiary/aromatic N) is 1. The van der Waals surface area contributed by atoms with Crippen molar-refractivity contribution in [1.29, 1.82) is 0 Å². The van der Waals surface area contributed by atoms with Gasteiger partial charge in [0.15, 0.2) is 0 Å². The Labute approximate surface area is 102 Å². The largest absolute Gasteiger partial charge is 0.481 e. The fourth-order valence-electron chi connectivity index (χ4n) is 3.08. The van der Waals surface area contributed by atoms with Gasteiger partial charge in [0.2, 0.25) is 5.91 Å². The number of carbonyl (C=O) groups excluding carboxylic acids is 1. The van der Waals surface area contributed by atoms with E-state index in [0.717, 1.165) is 38.8 Å². The third-order valence-electron chi connectivity index (χ3n) is 4.07. The Morgan fingerprint density at radius 3 is 2.06 bits per heavy atom. The molecule has 0 radical (unpaired) electrons. The highest BCUT2D eigenvalue weighted by molar-refractivity contribution is 5.85. The van der Waals surface area contributed by atoms with Crippen LogP contribution in [0.2, 0.25) is 0 Å². The Hall–Kier alpha value is -1.06. The summed E-state index contributed by atoms with van der Waals surface area (Å²) in [5.74, 6) is -1.40. The van der Waals surface area contributed by atoms with Gasteiger partial charge in [0.1, 0.15) is 0 Å². The molecule has 1 amide bonds. The molecule has 2 aliphatic rings. The summed E-state index contributed by atoms with van der Waals surface area (Å²) in [6.45, 7) is 1.64. The minimum atomic E-state index is -0.796. The van der Waals surface area contributed by atoms with Crippen LogP contribution in [0.4, 0.5) is 0 Å². The summed E-state index contributed by atoms with van der Waals surface area (Å²) in [4.78, 5) is 25.3. The molecule has 2 rings (SSSR count). The summed E-state index contributed by atoms with van der Waals surface area (Å²) in [5, 5.41) is 9.12. The van der Waals surface area contributed by atoms with Gasteiger partial charge in [0.25, 0.3) is 0 Å². The molecule has 1 saturated heterocycles. The van der Waals surface area contributed by atoms with Crippen LogP contribution in [0.15, 0.2) is 0 Å². The fourth-order valence-corrected chi connectivity index (χ4v) is 3.08. The molecule has 1 aliphatic carbocycles. The lowest BCUT2D eigenvalue weighted by molar-refractivity contribution is -0.149. The minimum absolute atomic E-state index is 0.0943. The molecular formula is C13H21NO3. The van der Waals surface area contributed by atoms with Crippen molar-refractivity contribution in [3.05, 3.63) is 0 Å². The van der Waals surface area contributed by atoms with Crippen LogP contribution in [0.3, 0.4) is 0 Å². The van der Waals surface area contributed by atoms with Gasteiger partial charge in [0, 0.05) is 13.1 Å². The molecule has 17 heavy (non-hydrogen) atoms. The van der Waals surface area contributed by atoms with Crippen molar-refractivity contribution in [3.63, 3.8) is 0 Å². The smallest absolute Gasteiger partial charge is 0.307 e. The van der Waals surface area contributed by atoms with E-state index in [1.807, 2.05) is 4.90 Å². The Bertz CT molecular complexity index is 295. The molecule has 1 N–H and O–H groups in total. The number of hydrogen-bond donors (Lipinski definition) is 1. The van der Waals surface area contributed by atoms with E-state index < -0.39 is 11.9 Å². The van der Waals surface area contributed by atoms with E-state index in [2.05, 4.69) is 0 Å². The molecule has 96 valence electrons. The molecular weight excluding hydrogens is 218 g/mol. The van der Waals surface area contributed by atoms with Gasteiger partial charge >= 0.3 is 5.97 Å². The first kappa shape index (κ1) is 12.4. The zero-order chi connectivity index (χ0) is 12.3. The van der Waals surface area contributed by atoms with Crippen LogP contribution in [-0.2, 0) is 9.59 Å². The molecule has 1 heterocycles. The van der Waals surface area contributed by atoms with Gasteiger partial charge in [-0.3, -0.25) is 9.59 Å². The van der Waals surface area contributed by atoms with Crippen LogP contribution in [0, 0.1) is 11.8 Å². The predicted octanol–water partition coefficient (Wildman–Crippen LogP) is 1.89. The highest BCUT2D eigenvalue weighted by Gasteiger charge is 2.39. The zero-order valence-electron chi connectivity index (χ0n) is 10.2. The second-order valence-corrected chi connectivity index (χ2v) is 5.22. The highest BCUT2D eigenvalue weighted by atomic mass is 16.4. The average molecular weight is 239 g/mol. The van der Waals surface area contributed by atoms with Gasteiger partial charge in [-0.25, -0.2) is 0 Å². The maximum atomic E-state index is 12.3. The van der Waals surface area contributed by atoms with Gasteiger partial charge in [0.05, 0.1) is 11.8 Å². The molecule has 2 fully saturated rings. The number of hydrogen-bond acceptors (Lipinski definition) is 2. The van der Waals surface area contributed by atoms with Crippen molar-refractivity contribution in [2.45, 2.75) is 44.9 Å². The summed E-state index contributed by atoms with van der Waals surface area (Å²) in [5.41, 5.74) is 0. The summed E-state index contributed by atoms with van der Waals surface area (Å²) in [6, 6.07) is 0. The molecule has 2 atom stereocenters. The molecule has 4 heteroatoms.